The fourth-order valence-electron chi connectivity index (χ4n) is 2.59. The van der Waals surface area contributed by atoms with E-state index in [1.807, 2.05) is 11.3 Å². The van der Waals surface area contributed by atoms with Crippen molar-refractivity contribution in [2.24, 2.45) is 5.92 Å². The van der Waals surface area contributed by atoms with Crippen molar-refractivity contribution in [3.05, 3.63) is 11.1 Å². The van der Waals surface area contributed by atoms with Crippen molar-refractivity contribution >= 4 is 16.5 Å². The van der Waals surface area contributed by atoms with Crippen LogP contribution in [0.5, 0.6) is 0 Å². The van der Waals surface area contributed by atoms with Crippen molar-refractivity contribution in [1.29, 1.82) is 0 Å². The van der Waals surface area contributed by atoms with E-state index in [9.17, 15) is 0 Å². The summed E-state index contributed by atoms with van der Waals surface area (Å²) < 4.78 is 0. The maximum Gasteiger partial charge on any atom is 0.185 e. The quantitative estimate of drug-likeness (QED) is 0.867. The molecule has 1 unspecified atom stereocenters. The summed E-state index contributed by atoms with van der Waals surface area (Å²) in [5.41, 5.74) is 1.24. The van der Waals surface area contributed by atoms with Gasteiger partial charge >= 0.3 is 0 Å². The molecule has 1 fully saturated rings. The summed E-state index contributed by atoms with van der Waals surface area (Å²) in [5, 5.41) is 7.05. The highest BCUT2D eigenvalue weighted by atomic mass is 32.1. The number of aromatic nitrogens is 1. The number of thiazole rings is 1. The van der Waals surface area contributed by atoms with E-state index in [4.69, 9.17) is 4.98 Å². The van der Waals surface area contributed by atoms with Gasteiger partial charge in [0, 0.05) is 24.5 Å². The Hall–Kier alpha value is -0.610. The van der Waals surface area contributed by atoms with E-state index in [1.54, 1.807) is 0 Å². The second-order valence-corrected chi connectivity index (χ2v) is 6.71. The Bertz CT molecular complexity index is 375. The van der Waals surface area contributed by atoms with E-state index < -0.39 is 0 Å². The first-order valence-electron chi connectivity index (χ1n) is 7.62. The van der Waals surface area contributed by atoms with Crippen LogP contribution >= 0.6 is 11.3 Å². The van der Waals surface area contributed by atoms with Crippen molar-refractivity contribution < 1.29 is 0 Å². The molecule has 1 aromatic heterocycles. The van der Waals surface area contributed by atoms with Crippen LogP contribution in [0.4, 0.5) is 5.13 Å². The molecule has 0 aliphatic carbocycles. The van der Waals surface area contributed by atoms with Gasteiger partial charge in [-0.15, -0.1) is 11.3 Å². The summed E-state index contributed by atoms with van der Waals surface area (Å²) in [7, 11) is 0. The summed E-state index contributed by atoms with van der Waals surface area (Å²) in [5.74, 6) is 0.726. The monoisotopic (exact) mass is 281 g/mol. The van der Waals surface area contributed by atoms with E-state index in [1.165, 1.54) is 36.6 Å². The van der Waals surface area contributed by atoms with Crippen LogP contribution in [0.2, 0.25) is 0 Å². The number of rotatable bonds is 6. The van der Waals surface area contributed by atoms with Crippen molar-refractivity contribution in [3.63, 3.8) is 0 Å². The van der Waals surface area contributed by atoms with E-state index in [2.05, 4.69) is 36.4 Å². The first-order chi connectivity index (χ1) is 9.20. The Morgan fingerprint density at radius 2 is 2.32 bits per heavy atom. The van der Waals surface area contributed by atoms with Crippen LogP contribution in [0.15, 0.2) is 5.38 Å². The third-order valence-electron chi connectivity index (χ3n) is 3.71. The Morgan fingerprint density at radius 1 is 1.47 bits per heavy atom. The molecule has 1 aliphatic heterocycles. The van der Waals surface area contributed by atoms with Gasteiger partial charge in [0.2, 0.25) is 0 Å². The lowest BCUT2D eigenvalue weighted by molar-refractivity contribution is 0.422. The highest BCUT2D eigenvalue weighted by molar-refractivity contribution is 7.13. The molecule has 1 aliphatic rings. The molecule has 4 heteroatoms. The van der Waals surface area contributed by atoms with Crippen LogP contribution in [-0.2, 0) is 6.42 Å². The Labute approximate surface area is 121 Å². The van der Waals surface area contributed by atoms with Gasteiger partial charge in [-0.3, -0.25) is 0 Å². The highest BCUT2D eigenvalue weighted by Gasteiger charge is 2.24. The van der Waals surface area contributed by atoms with Gasteiger partial charge in [-0.2, -0.15) is 0 Å². The maximum absolute atomic E-state index is 4.76. The minimum Gasteiger partial charge on any atom is -0.344 e. The molecular weight excluding hydrogens is 254 g/mol. The van der Waals surface area contributed by atoms with Crippen LogP contribution in [0, 0.1) is 5.92 Å². The van der Waals surface area contributed by atoms with Gasteiger partial charge in [0.15, 0.2) is 5.13 Å². The number of anilines is 1. The molecule has 19 heavy (non-hydrogen) atoms. The predicted octanol–water partition coefficient (Wildman–Crippen LogP) is 3.31. The van der Waals surface area contributed by atoms with Crippen LogP contribution in [0.3, 0.4) is 0 Å². The number of nitrogens with zero attached hydrogens (tertiary/aromatic N) is 2. The smallest absolute Gasteiger partial charge is 0.185 e. The second kappa shape index (κ2) is 7.25. The summed E-state index contributed by atoms with van der Waals surface area (Å²) in [6.07, 6.45) is 5.00. The van der Waals surface area contributed by atoms with Crippen molar-refractivity contribution in [1.82, 2.24) is 10.3 Å². The minimum atomic E-state index is 0.628. The largest absolute Gasteiger partial charge is 0.344 e. The van der Waals surface area contributed by atoms with E-state index in [0.717, 1.165) is 25.4 Å². The fourth-order valence-corrected chi connectivity index (χ4v) is 3.60. The lowest BCUT2D eigenvalue weighted by Gasteiger charge is -2.36. The Morgan fingerprint density at radius 3 is 3.00 bits per heavy atom. The van der Waals surface area contributed by atoms with Gasteiger partial charge in [0.05, 0.1) is 5.69 Å². The fraction of sp³-hybridized carbons (Fsp3) is 0.800. The minimum absolute atomic E-state index is 0.628. The number of aryl methyl sites for hydroxylation is 1. The van der Waals surface area contributed by atoms with E-state index >= 15 is 0 Å². The van der Waals surface area contributed by atoms with Gasteiger partial charge in [-0.25, -0.2) is 4.98 Å². The summed E-state index contributed by atoms with van der Waals surface area (Å²) >= 11 is 1.81. The van der Waals surface area contributed by atoms with Gasteiger partial charge in [0.25, 0.3) is 0 Å². The molecule has 0 bridgehead atoms. The molecule has 0 spiro atoms. The lowest BCUT2D eigenvalue weighted by Crippen LogP contribution is -2.46. The molecule has 1 saturated heterocycles. The Balaban J connectivity index is 1.95. The standard InChI is InChI=1S/C15H27N3S/c1-4-13-11-19-15(17-13)18-8-6-5-7-14(18)10-16-9-12(2)3/h11-12,14,16H,4-10H2,1-3H3. The van der Waals surface area contributed by atoms with E-state index in [0.29, 0.717) is 6.04 Å². The van der Waals surface area contributed by atoms with Crippen molar-refractivity contribution in [3.8, 4) is 0 Å². The molecule has 2 rings (SSSR count). The first-order valence-corrected chi connectivity index (χ1v) is 8.50. The summed E-state index contributed by atoms with van der Waals surface area (Å²) in [6, 6.07) is 0.628. The van der Waals surface area contributed by atoms with Gasteiger partial charge < -0.3 is 10.2 Å². The molecule has 2 heterocycles. The second-order valence-electron chi connectivity index (χ2n) is 5.87. The predicted molar refractivity (Wildman–Crippen MR) is 84.2 cm³/mol. The average molecular weight is 281 g/mol. The summed E-state index contributed by atoms with van der Waals surface area (Å²) in [4.78, 5) is 7.29. The third-order valence-corrected chi connectivity index (χ3v) is 4.63. The molecule has 0 aromatic carbocycles. The normalized spacial score (nSPS) is 20.2. The molecule has 0 saturated carbocycles. The maximum atomic E-state index is 4.76. The molecular formula is C15H27N3S. The molecule has 1 atom stereocenters. The van der Waals surface area contributed by atoms with Gasteiger partial charge in [0.1, 0.15) is 0 Å². The number of hydrogen-bond donors (Lipinski definition) is 1. The number of nitrogens with one attached hydrogen (secondary N) is 1. The van der Waals surface area contributed by atoms with Crippen LogP contribution in [-0.4, -0.2) is 30.7 Å². The first kappa shape index (κ1) is 14.8. The van der Waals surface area contributed by atoms with Crippen molar-refractivity contribution in [2.45, 2.75) is 52.5 Å². The van der Waals surface area contributed by atoms with E-state index in [-0.39, 0.29) is 0 Å². The zero-order chi connectivity index (χ0) is 13.7. The average Bonchev–Trinajstić information content (AvgIpc) is 2.87. The highest BCUT2D eigenvalue weighted by Crippen LogP contribution is 2.27. The van der Waals surface area contributed by atoms with Crippen LogP contribution in [0.25, 0.3) is 0 Å². The zero-order valence-corrected chi connectivity index (χ0v) is 13.3. The SMILES string of the molecule is CCc1csc(N2CCCCC2CNCC(C)C)n1. The zero-order valence-electron chi connectivity index (χ0n) is 12.5. The van der Waals surface area contributed by atoms with Crippen LogP contribution in [0.1, 0.15) is 45.7 Å². The number of hydrogen-bond acceptors (Lipinski definition) is 4. The third kappa shape index (κ3) is 4.18. The molecule has 1 aromatic rings. The molecule has 108 valence electrons. The topological polar surface area (TPSA) is 28.2 Å². The Kier molecular flexibility index (Phi) is 5.64. The lowest BCUT2D eigenvalue weighted by atomic mass is 10.0. The number of piperidine rings is 1. The molecule has 0 amide bonds. The van der Waals surface area contributed by atoms with Crippen LogP contribution < -0.4 is 10.2 Å². The van der Waals surface area contributed by atoms with Crippen molar-refractivity contribution in [2.75, 3.05) is 24.5 Å². The van der Waals surface area contributed by atoms with Gasteiger partial charge in [-0.05, 0) is 38.1 Å². The summed E-state index contributed by atoms with van der Waals surface area (Å²) in [6.45, 7) is 10.1. The molecule has 0 radical (unpaired) electrons. The molecule has 3 nitrogen and oxygen atoms in total. The molecule has 1 N–H and O–H groups in total. The van der Waals surface area contributed by atoms with Gasteiger partial charge in [-0.1, -0.05) is 20.8 Å².